The molecule has 2 heterocycles. The third kappa shape index (κ3) is 5.15. The Kier molecular flexibility index (Phi) is 8.07. The molecule has 0 aliphatic rings. The van der Waals surface area contributed by atoms with E-state index < -0.39 is 30.5 Å². The van der Waals surface area contributed by atoms with Crippen molar-refractivity contribution in [1.29, 1.82) is 0 Å². The zero-order chi connectivity index (χ0) is 30.2. The van der Waals surface area contributed by atoms with Gasteiger partial charge in [0.1, 0.15) is 0 Å². The molecule has 2 aromatic heterocycles. The topological polar surface area (TPSA) is 77.0 Å². The Balaban J connectivity index is 1.77. The Morgan fingerprint density at radius 1 is 0.952 bits per heavy atom. The van der Waals surface area contributed by atoms with Crippen molar-refractivity contribution in [2.45, 2.75) is 52.2 Å². The summed E-state index contributed by atoms with van der Waals surface area (Å²) in [5.74, 6) is -0.843. The third-order valence-corrected chi connectivity index (χ3v) is 12.9. The minimum Gasteiger partial charge on any atom is -0.403 e. The summed E-state index contributed by atoms with van der Waals surface area (Å²) >= 11 is 6.07. The van der Waals surface area contributed by atoms with Crippen LogP contribution < -0.4 is 21.6 Å². The fraction of sp³-hybridized carbons (Fsp3) is 0.242. The van der Waals surface area contributed by atoms with E-state index in [0.717, 1.165) is 27.6 Å². The highest BCUT2D eigenvalue weighted by molar-refractivity contribution is 6.99. The number of fused-ring (bicyclic) bond motifs is 1. The van der Waals surface area contributed by atoms with Crippen molar-refractivity contribution >= 4 is 41.3 Å². The van der Waals surface area contributed by atoms with E-state index in [9.17, 15) is 14.0 Å². The summed E-state index contributed by atoms with van der Waals surface area (Å²) in [5.41, 5.74) is 0.661. The van der Waals surface area contributed by atoms with E-state index in [1.807, 2.05) is 68.4 Å². The van der Waals surface area contributed by atoms with E-state index in [2.05, 4.69) is 55.0 Å². The molecule has 0 aliphatic carbocycles. The lowest BCUT2D eigenvalue weighted by Crippen LogP contribution is -2.66. The number of halogens is 2. The number of aromatic nitrogens is 3. The lowest BCUT2D eigenvalue weighted by Gasteiger charge is -2.43. The van der Waals surface area contributed by atoms with Gasteiger partial charge in [0.2, 0.25) is 0 Å². The number of nitrogens with one attached hydrogen (secondary N) is 1. The highest BCUT2D eigenvalue weighted by Gasteiger charge is 2.50. The van der Waals surface area contributed by atoms with Crippen LogP contribution in [0.1, 0.15) is 51.7 Å². The van der Waals surface area contributed by atoms with Gasteiger partial charge in [-0.3, -0.25) is 9.78 Å². The maximum absolute atomic E-state index is 14.4. The molecule has 5 rings (SSSR count). The second-order valence-corrected chi connectivity index (χ2v) is 16.4. The quantitative estimate of drug-likeness (QED) is 0.182. The van der Waals surface area contributed by atoms with Crippen molar-refractivity contribution in [3.05, 3.63) is 128 Å². The number of para-hydroxylation sites is 1. The summed E-state index contributed by atoms with van der Waals surface area (Å²) in [6.07, 6.45) is 0. The molecule has 5 aromatic rings. The highest BCUT2D eigenvalue weighted by atomic mass is 35.5. The minimum absolute atomic E-state index is 0.00221. The number of pyridine rings is 1. The molecule has 6 nitrogen and oxygen atoms in total. The molecular formula is C33H33ClFN3O3Si. The smallest absolute Gasteiger partial charge is 0.334 e. The molecule has 216 valence electrons. The minimum atomic E-state index is -2.92. The average molecular weight is 602 g/mol. The maximum atomic E-state index is 14.4. The molecule has 3 aromatic carbocycles. The van der Waals surface area contributed by atoms with E-state index in [4.69, 9.17) is 16.0 Å². The van der Waals surface area contributed by atoms with Crippen LogP contribution in [-0.2, 0) is 11.0 Å². The standard InChI is InChI=1S/C33H33ClFN3O3Si/c1-21(2)25-18-12-13-22(28(25)38-30-26(31(39)37-32(38)40)19-27(35)29(34)36-30)20-41-42(33(3,4)5,23-14-8-6-9-15-23)24-16-10-7-11-17-24/h6-19,21H,20H2,1-5H3,(H,37,39,40). The fourth-order valence-electron chi connectivity index (χ4n) is 5.73. The van der Waals surface area contributed by atoms with Gasteiger partial charge in [0, 0.05) is 5.56 Å². The van der Waals surface area contributed by atoms with Gasteiger partial charge in [0.15, 0.2) is 16.6 Å². The van der Waals surface area contributed by atoms with Crippen LogP contribution in [0.2, 0.25) is 10.2 Å². The second kappa shape index (κ2) is 11.4. The fourth-order valence-corrected chi connectivity index (χ4v) is 10.4. The zero-order valence-corrected chi connectivity index (χ0v) is 26.0. The van der Waals surface area contributed by atoms with E-state index in [1.165, 1.54) is 4.57 Å². The lowest BCUT2D eigenvalue weighted by molar-refractivity contribution is 0.286. The Morgan fingerprint density at radius 3 is 2.10 bits per heavy atom. The van der Waals surface area contributed by atoms with Crippen molar-refractivity contribution in [2.75, 3.05) is 0 Å². The molecular weight excluding hydrogens is 569 g/mol. The summed E-state index contributed by atoms with van der Waals surface area (Å²) in [6.45, 7) is 10.8. The molecule has 0 unspecified atom stereocenters. The number of hydrogen-bond donors (Lipinski definition) is 1. The van der Waals surface area contributed by atoms with Gasteiger partial charge in [-0.05, 0) is 33.0 Å². The van der Waals surface area contributed by atoms with Crippen molar-refractivity contribution < 1.29 is 8.82 Å². The monoisotopic (exact) mass is 601 g/mol. The molecule has 0 radical (unpaired) electrons. The molecule has 0 bridgehead atoms. The Morgan fingerprint density at radius 2 is 1.55 bits per heavy atom. The van der Waals surface area contributed by atoms with Gasteiger partial charge in [-0.1, -0.05) is 125 Å². The van der Waals surface area contributed by atoms with E-state index in [1.54, 1.807) is 0 Å². The van der Waals surface area contributed by atoms with Crippen molar-refractivity contribution in [3.8, 4) is 5.69 Å². The first-order valence-corrected chi connectivity index (χ1v) is 16.1. The number of rotatable bonds is 7. The van der Waals surface area contributed by atoms with Gasteiger partial charge in [-0.2, -0.15) is 0 Å². The van der Waals surface area contributed by atoms with Crippen LogP contribution >= 0.6 is 11.6 Å². The largest absolute Gasteiger partial charge is 0.403 e. The van der Waals surface area contributed by atoms with Crippen LogP contribution in [0.15, 0.2) is 94.5 Å². The summed E-state index contributed by atoms with van der Waals surface area (Å²) in [4.78, 5) is 32.7. The van der Waals surface area contributed by atoms with Crippen molar-refractivity contribution in [3.63, 3.8) is 0 Å². The molecule has 0 atom stereocenters. The number of nitrogens with zero attached hydrogens (tertiary/aromatic N) is 2. The van der Waals surface area contributed by atoms with Gasteiger partial charge in [0.25, 0.3) is 13.9 Å². The van der Waals surface area contributed by atoms with Gasteiger partial charge < -0.3 is 4.43 Å². The van der Waals surface area contributed by atoms with E-state index in [0.29, 0.717) is 5.69 Å². The first-order chi connectivity index (χ1) is 20.0. The molecule has 0 aliphatic heterocycles. The van der Waals surface area contributed by atoms with E-state index in [-0.39, 0.29) is 28.6 Å². The van der Waals surface area contributed by atoms with Crippen LogP contribution in [-0.4, -0.2) is 22.9 Å². The number of benzene rings is 3. The predicted molar refractivity (Wildman–Crippen MR) is 169 cm³/mol. The molecule has 0 fully saturated rings. The Labute approximate surface area is 249 Å². The molecule has 9 heteroatoms. The Bertz CT molecular complexity index is 1830. The molecule has 0 saturated carbocycles. The van der Waals surface area contributed by atoms with Crippen molar-refractivity contribution in [1.82, 2.24) is 14.5 Å². The zero-order valence-electron chi connectivity index (χ0n) is 24.2. The molecule has 1 N–H and O–H groups in total. The molecule has 0 spiro atoms. The van der Waals surface area contributed by atoms with Crippen LogP contribution in [0.4, 0.5) is 4.39 Å². The first kappa shape index (κ1) is 29.6. The van der Waals surface area contributed by atoms with Gasteiger partial charge in [-0.15, -0.1) is 0 Å². The normalized spacial score (nSPS) is 12.3. The van der Waals surface area contributed by atoms with Crippen LogP contribution in [0.3, 0.4) is 0 Å². The van der Waals surface area contributed by atoms with Gasteiger partial charge in [-0.25, -0.2) is 18.7 Å². The lowest BCUT2D eigenvalue weighted by atomic mass is 9.97. The van der Waals surface area contributed by atoms with E-state index >= 15 is 0 Å². The summed E-state index contributed by atoms with van der Waals surface area (Å²) < 4.78 is 22.9. The van der Waals surface area contributed by atoms with Crippen LogP contribution in [0, 0.1) is 5.82 Å². The first-order valence-electron chi connectivity index (χ1n) is 13.8. The van der Waals surface area contributed by atoms with Gasteiger partial charge >= 0.3 is 5.69 Å². The summed E-state index contributed by atoms with van der Waals surface area (Å²) in [7, 11) is -2.92. The highest BCUT2D eigenvalue weighted by Crippen LogP contribution is 2.38. The number of hydrogen-bond acceptors (Lipinski definition) is 4. The summed E-state index contributed by atoms with van der Waals surface area (Å²) in [5, 5.41) is 1.49. The second-order valence-electron chi connectivity index (χ2n) is 11.7. The number of aromatic amines is 1. The molecule has 42 heavy (non-hydrogen) atoms. The molecule has 0 amide bonds. The summed E-state index contributed by atoms with van der Waals surface area (Å²) in [6, 6.07) is 27.4. The average Bonchev–Trinajstić information content (AvgIpc) is 2.95. The SMILES string of the molecule is CC(C)c1cccc(CO[Si](c2ccccc2)(c2ccccc2)C(C)(C)C)c1-n1c(=O)[nH]c(=O)c2cc(F)c(Cl)nc21. The number of H-pyrrole nitrogens is 1. The predicted octanol–water partition coefficient (Wildman–Crippen LogP) is 6.07. The van der Waals surface area contributed by atoms with Crippen LogP contribution in [0.25, 0.3) is 16.7 Å². The third-order valence-electron chi connectivity index (χ3n) is 7.65. The van der Waals surface area contributed by atoms with Crippen LogP contribution in [0.5, 0.6) is 0 Å². The maximum Gasteiger partial charge on any atom is 0.334 e. The molecule has 0 saturated heterocycles. The van der Waals surface area contributed by atoms with Gasteiger partial charge in [0.05, 0.1) is 17.7 Å². The Hall–Kier alpha value is -3.85. The van der Waals surface area contributed by atoms with Crippen molar-refractivity contribution in [2.24, 2.45) is 0 Å².